The van der Waals surface area contributed by atoms with Crippen LogP contribution in [0.1, 0.15) is 24.0 Å². The molecule has 23 heavy (non-hydrogen) atoms. The average Bonchev–Trinajstić information content (AvgIpc) is 2.50. The number of benzene rings is 1. The van der Waals surface area contributed by atoms with E-state index < -0.39 is 18.2 Å². The number of hydrogen-bond acceptors (Lipinski definition) is 3. The van der Waals surface area contributed by atoms with E-state index >= 15 is 0 Å². The van der Waals surface area contributed by atoms with Gasteiger partial charge in [0, 0.05) is 6.54 Å². The predicted octanol–water partition coefficient (Wildman–Crippen LogP) is 3.32. The van der Waals surface area contributed by atoms with Gasteiger partial charge in [-0.15, -0.1) is 0 Å². The van der Waals surface area contributed by atoms with Gasteiger partial charge in [-0.25, -0.2) is 0 Å². The van der Waals surface area contributed by atoms with Crippen LogP contribution in [-0.2, 0) is 0 Å². The number of halogens is 3. The predicted molar refractivity (Wildman–Crippen MR) is 82.6 cm³/mol. The molecule has 6 heteroatoms. The van der Waals surface area contributed by atoms with Crippen molar-refractivity contribution in [3.8, 4) is 5.75 Å². The van der Waals surface area contributed by atoms with Crippen molar-refractivity contribution < 1.29 is 23.0 Å². The number of aliphatic hydroxyl groups excluding tert-OH is 1. The second-order valence-corrected chi connectivity index (χ2v) is 6.28. The zero-order chi connectivity index (χ0) is 17.0. The molecule has 0 saturated carbocycles. The Labute approximate surface area is 135 Å². The largest absolute Gasteiger partial charge is 0.492 e. The van der Waals surface area contributed by atoms with E-state index in [2.05, 4.69) is 4.90 Å². The van der Waals surface area contributed by atoms with Crippen LogP contribution >= 0.6 is 0 Å². The molecule has 1 atom stereocenters. The van der Waals surface area contributed by atoms with Crippen molar-refractivity contribution in [2.45, 2.75) is 39.0 Å². The maximum Gasteiger partial charge on any atom is 0.414 e. The standard InChI is InChI=1S/C17H24F3NO2/c1-12-3-4-13(2)15(11-12)23-10-9-21-7-5-14(6-8-21)16(22)17(18,19)20/h3-4,11,14,16,22H,5-10H2,1-2H3. The molecule has 1 aromatic rings. The Balaban J connectivity index is 1.74. The number of likely N-dealkylation sites (tertiary alicyclic amines) is 1. The highest BCUT2D eigenvalue weighted by Gasteiger charge is 2.44. The zero-order valence-corrected chi connectivity index (χ0v) is 13.6. The van der Waals surface area contributed by atoms with E-state index in [0.717, 1.165) is 16.9 Å². The highest BCUT2D eigenvalue weighted by Crippen LogP contribution is 2.31. The normalized spacial score (nSPS) is 18.9. The lowest BCUT2D eigenvalue weighted by Crippen LogP contribution is -2.44. The van der Waals surface area contributed by atoms with Crippen molar-refractivity contribution in [1.82, 2.24) is 4.90 Å². The summed E-state index contributed by atoms with van der Waals surface area (Å²) in [6.45, 7) is 6.31. The molecule has 0 radical (unpaired) electrons. The molecule has 3 nitrogen and oxygen atoms in total. The van der Waals surface area contributed by atoms with Crippen molar-refractivity contribution in [2.24, 2.45) is 5.92 Å². The SMILES string of the molecule is Cc1ccc(C)c(OCCN2CCC(C(O)C(F)(F)F)CC2)c1. The molecule has 0 aromatic heterocycles. The summed E-state index contributed by atoms with van der Waals surface area (Å²) in [6, 6.07) is 6.02. The van der Waals surface area contributed by atoms with Gasteiger partial charge < -0.3 is 9.84 Å². The van der Waals surface area contributed by atoms with E-state index in [4.69, 9.17) is 4.74 Å². The Morgan fingerprint density at radius 1 is 1.26 bits per heavy atom. The Bertz CT molecular complexity index is 511. The fourth-order valence-corrected chi connectivity index (χ4v) is 2.91. The number of aryl methyl sites for hydroxylation is 2. The number of hydrogen-bond donors (Lipinski definition) is 1. The minimum Gasteiger partial charge on any atom is -0.492 e. The molecular formula is C17H24F3NO2. The Morgan fingerprint density at radius 2 is 1.91 bits per heavy atom. The third-order valence-corrected chi connectivity index (χ3v) is 4.42. The summed E-state index contributed by atoms with van der Waals surface area (Å²) in [5.41, 5.74) is 2.20. The second kappa shape index (κ2) is 7.53. The first-order valence-corrected chi connectivity index (χ1v) is 7.94. The van der Waals surface area contributed by atoms with Gasteiger partial charge in [0.1, 0.15) is 12.4 Å². The van der Waals surface area contributed by atoms with Crippen LogP contribution < -0.4 is 4.74 Å². The maximum atomic E-state index is 12.5. The maximum absolute atomic E-state index is 12.5. The molecule has 1 fully saturated rings. The minimum atomic E-state index is -4.52. The van der Waals surface area contributed by atoms with Crippen molar-refractivity contribution in [3.05, 3.63) is 29.3 Å². The van der Waals surface area contributed by atoms with Crippen LogP contribution in [0.2, 0.25) is 0 Å². The van der Waals surface area contributed by atoms with Gasteiger partial charge in [-0.3, -0.25) is 4.90 Å². The van der Waals surface area contributed by atoms with E-state index in [1.807, 2.05) is 32.0 Å². The molecule has 0 aliphatic carbocycles. The minimum absolute atomic E-state index is 0.365. The molecule has 1 N–H and O–H groups in total. The lowest BCUT2D eigenvalue weighted by atomic mass is 9.91. The van der Waals surface area contributed by atoms with Crippen LogP contribution in [-0.4, -0.2) is 48.5 Å². The fraction of sp³-hybridized carbons (Fsp3) is 0.647. The molecule has 0 bridgehead atoms. The van der Waals surface area contributed by atoms with Gasteiger partial charge in [-0.1, -0.05) is 12.1 Å². The first-order valence-electron chi connectivity index (χ1n) is 7.94. The molecule has 0 spiro atoms. The Hall–Kier alpha value is -1.27. The molecular weight excluding hydrogens is 307 g/mol. The monoisotopic (exact) mass is 331 g/mol. The van der Waals surface area contributed by atoms with Crippen molar-refractivity contribution >= 4 is 0 Å². The van der Waals surface area contributed by atoms with Gasteiger partial charge in [0.05, 0.1) is 0 Å². The second-order valence-electron chi connectivity index (χ2n) is 6.28. The van der Waals surface area contributed by atoms with E-state index in [0.29, 0.717) is 39.1 Å². The number of piperidine rings is 1. The molecule has 1 heterocycles. The molecule has 2 rings (SSSR count). The first kappa shape index (κ1) is 18.1. The van der Waals surface area contributed by atoms with E-state index in [-0.39, 0.29) is 0 Å². The summed E-state index contributed by atoms with van der Waals surface area (Å²) in [6.07, 6.45) is -5.98. The fourth-order valence-electron chi connectivity index (χ4n) is 2.91. The Kier molecular flexibility index (Phi) is 5.92. The highest BCUT2D eigenvalue weighted by atomic mass is 19.4. The third kappa shape index (κ3) is 5.11. The van der Waals surface area contributed by atoms with E-state index in [9.17, 15) is 18.3 Å². The van der Waals surface area contributed by atoms with Crippen LogP contribution in [0.5, 0.6) is 5.75 Å². The molecule has 0 amide bonds. The Morgan fingerprint density at radius 3 is 2.52 bits per heavy atom. The average molecular weight is 331 g/mol. The van der Waals surface area contributed by atoms with Crippen LogP contribution in [0.4, 0.5) is 13.2 Å². The highest BCUT2D eigenvalue weighted by molar-refractivity contribution is 5.35. The van der Waals surface area contributed by atoms with Gasteiger partial charge in [0.15, 0.2) is 6.10 Å². The number of nitrogens with zero attached hydrogens (tertiary/aromatic N) is 1. The number of aliphatic hydroxyl groups is 1. The number of alkyl halides is 3. The first-order chi connectivity index (χ1) is 10.8. The topological polar surface area (TPSA) is 32.7 Å². The molecule has 1 aliphatic rings. The van der Waals surface area contributed by atoms with E-state index in [1.54, 1.807) is 0 Å². The van der Waals surface area contributed by atoms with Crippen LogP contribution in [0.3, 0.4) is 0 Å². The molecule has 1 aromatic carbocycles. The quantitative estimate of drug-likeness (QED) is 0.898. The molecule has 1 unspecified atom stereocenters. The van der Waals surface area contributed by atoms with Crippen molar-refractivity contribution in [3.63, 3.8) is 0 Å². The summed E-state index contributed by atoms with van der Waals surface area (Å²) < 4.78 is 43.3. The zero-order valence-electron chi connectivity index (χ0n) is 13.6. The molecule has 1 saturated heterocycles. The van der Waals surface area contributed by atoms with Gasteiger partial charge >= 0.3 is 6.18 Å². The number of rotatable bonds is 5. The van der Waals surface area contributed by atoms with Gasteiger partial charge in [-0.2, -0.15) is 13.2 Å². The van der Waals surface area contributed by atoms with Crippen molar-refractivity contribution in [1.29, 1.82) is 0 Å². The third-order valence-electron chi connectivity index (χ3n) is 4.42. The van der Waals surface area contributed by atoms with Gasteiger partial charge in [0.25, 0.3) is 0 Å². The van der Waals surface area contributed by atoms with Gasteiger partial charge in [-0.05, 0) is 62.9 Å². The summed E-state index contributed by atoms with van der Waals surface area (Å²) in [4.78, 5) is 2.09. The lowest BCUT2D eigenvalue weighted by Gasteiger charge is -2.34. The molecule has 130 valence electrons. The van der Waals surface area contributed by atoms with Crippen LogP contribution in [0.25, 0.3) is 0 Å². The van der Waals surface area contributed by atoms with Crippen molar-refractivity contribution in [2.75, 3.05) is 26.2 Å². The summed E-state index contributed by atoms with van der Waals surface area (Å²) in [7, 11) is 0. The van der Waals surface area contributed by atoms with Gasteiger partial charge in [0.2, 0.25) is 0 Å². The van der Waals surface area contributed by atoms with Crippen LogP contribution in [0.15, 0.2) is 18.2 Å². The number of ether oxygens (including phenoxy) is 1. The lowest BCUT2D eigenvalue weighted by molar-refractivity contribution is -0.223. The smallest absolute Gasteiger partial charge is 0.414 e. The summed E-state index contributed by atoms with van der Waals surface area (Å²) in [5, 5.41) is 9.31. The van der Waals surface area contributed by atoms with E-state index in [1.165, 1.54) is 0 Å². The molecule has 1 aliphatic heterocycles. The summed E-state index contributed by atoms with van der Waals surface area (Å²) in [5.74, 6) is 0.165. The van der Waals surface area contributed by atoms with Crippen LogP contribution in [0, 0.1) is 19.8 Å². The summed E-state index contributed by atoms with van der Waals surface area (Å²) >= 11 is 0.